The lowest BCUT2D eigenvalue weighted by atomic mass is 9.89. The molecule has 2 nitrogen and oxygen atoms in total. The number of esters is 1. The van der Waals surface area contributed by atoms with Gasteiger partial charge in [-0.1, -0.05) is 36.8 Å². The number of allylic oxidation sites excluding steroid dienone is 2. The maximum Gasteiger partial charge on any atom is 0.307 e. The molecule has 2 saturated carbocycles. The molecular weight excluding hydrogens is 248 g/mol. The molecule has 106 valence electrons. The van der Waals surface area contributed by atoms with Crippen LogP contribution in [0, 0.1) is 11.8 Å². The zero-order valence-electron chi connectivity index (χ0n) is 12.5. The zero-order valence-corrected chi connectivity index (χ0v) is 12.5. The van der Waals surface area contributed by atoms with E-state index in [1.807, 2.05) is 13.8 Å². The van der Waals surface area contributed by atoms with Crippen LogP contribution in [0.2, 0.25) is 0 Å². The lowest BCUT2D eigenvalue weighted by molar-refractivity contribution is -0.137. The van der Waals surface area contributed by atoms with Gasteiger partial charge >= 0.3 is 5.97 Å². The van der Waals surface area contributed by atoms with Crippen molar-refractivity contribution in [1.29, 1.82) is 0 Å². The van der Waals surface area contributed by atoms with Crippen molar-refractivity contribution in [3.05, 3.63) is 47.2 Å². The van der Waals surface area contributed by atoms with Gasteiger partial charge in [-0.05, 0) is 43.7 Å². The Labute approximate surface area is 120 Å². The van der Waals surface area contributed by atoms with Gasteiger partial charge in [-0.3, -0.25) is 4.79 Å². The lowest BCUT2D eigenvalue weighted by Gasteiger charge is -2.18. The first-order valence-corrected chi connectivity index (χ1v) is 7.48. The van der Waals surface area contributed by atoms with Gasteiger partial charge in [-0.15, -0.1) is 0 Å². The smallest absolute Gasteiger partial charge is 0.307 e. The number of rotatable bonds is 3. The summed E-state index contributed by atoms with van der Waals surface area (Å²) in [5.41, 5.74) is 2.77. The minimum Gasteiger partial charge on any atom is -0.431 e. The molecule has 0 aromatic heterocycles. The van der Waals surface area contributed by atoms with Gasteiger partial charge in [0.05, 0.1) is 0 Å². The molecule has 0 spiro atoms. The summed E-state index contributed by atoms with van der Waals surface area (Å²) in [6.07, 6.45) is 3.74. The third kappa shape index (κ3) is 1.90. The molecule has 3 rings (SSSR count). The van der Waals surface area contributed by atoms with E-state index in [9.17, 15) is 4.79 Å². The maximum atomic E-state index is 11.4. The van der Waals surface area contributed by atoms with E-state index in [0.717, 1.165) is 11.3 Å². The van der Waals surface area contributed by atoms with E-state index in [4.69, 9.17) is 4.74 Å². The lowest BCUT2D eigenvalue weighted by Crippen LogP contribution is -2.13. The van der Waals surface area contributed by atoms with Crippen molar-refractivity contribution in [3.8, 4) is 0 Å². The van der Waals surface area contributed by atoms with Gasteiger partial charge < -0.3 is 4.74 Å². The average molecular weight is 270 g/mol. The molecule has 3 atom stereocenters. The molecule has 0 saturated heterocycles. The van der Waals surface area contributed by atoms with Gasteiger partial charge in [0.25, 0.3) is 0 Å². The largest absolute Gasteiger partial charge is 0.431 e. The number of fused-ring (bicyclic) bond motifs is 1. The van der Waals surface area contributed by atoms with Crippen LogP contribution in [0.3, 0.4) is 0 Å². The first-order valence-electron chi connectivity index (χ1n) is 7.48. The molecule has 2 heteroatoms. The summed E-state index contributed by atoms with van der Waals surface area (Å²) in [5.74, 6) is 1.77. The second kappa shape index (κ2) is 4.76. The fourth-order valence-electron chi connectivity index (χ4n) is 4.23. The Morgan fingerprint density at radius 3 is 2.50 bits per heavy atom. The van der Waals surface area contributed by atoms with Crippen molar-refractivity contribution in [3.63, 3.8) is 0 Å². The minimum absolute atomic E-state index is 0.200. The molecule has 2 aliphatic carbocycles. The molecule has 0 N–H and O–H groups in total. The van der Waals surface area contributed by atoms with E-state index in [1.165, 1.54) is 31.7 Å². The Morgan fingerprint density at radius 1 is 1.20 bits per heavy atom. The summed E-state index contributed by atoms with van der Waals surface area (Å²) in [7, 11) is 0. The van der Waals surface area contributed by atoms with Gasteiger partial charge in [0.15, 0.2) is 0 Å². The average Bonchev–Trinajstić information content (AvgIpc) is 2.84. The quantitative estimate of drug-likeness (QED) is 0.607. The zero-order chi connectivity index (χ0) is 14.3. The first kappa shape index (κ1) is 13.4. The summed E-state index contributed by atoms with van der Waals surface area (Å²) in [6, 6.07) is 10.8. The van der Waals surface area contributed by atoms with Crippen LogP contribution in [0.25, 0.3) is 0 Å². The third-order valence-electron chi connectivity index (χ3n) is 4.96. The van der Waals surface area contributed by atoms with Crippen LogP contribution in [-0.2, 0) is 14.9 Å². The molecule has 0 aliphatic heterocycles. The molecular formula is C18H22O2. The number of hydrogen-bond acceptors (Lipinski definition) is 2. The molecule has 2 aliphatic rings. The van der Waals surface area contributed by atoms with Crippen molar-refractivity contribution in [1.82, 2.24) is 0 Å². The van der Waals surface area contributed by atoms with E-state index in [0.29, 0.717) is 11.8 Å². The summed E-state index contributed by atoms with van der Waals surface area (Å²) < 4.78 is 5.56. The van der Waals surface area contributed by atoms with Crippen molar-refractivity contribution in [2.75, 3.05) is 0 Å². The van der Waals surface area contributed by atoms with E-state index in [2.05, 4.69) is 30.3 Å². The molecule has 0 bridgehead atoms. The van der Waals surface area contributed by atoms with E-state index in [-0.39, 0.29) is 11.4 Å². The molecule has 1 unspecified atom stereocenters. The van der Waals surface area contributed by atoms with Crippen LogP contribution in [0.5, 0.6) is 0 Å². The Balaban J connectivity index is 1.97. The summed E-state index contributed by atoms with van der Waals surface area (Å²) in [6.45, 7) is 5.59. The highest BCUT2D eigenvalue weighted by atomic mass is 16.5. The molecule has 1 aromatic rings. The topological polar surface area (TPSA) is 26.3 Å². The van der Waals surface area contributed by atoms with Crippen LogP contribution in [0.4, 0.5) is 0 Å². The Morgan fingerprint density at radius 2 is 1.90 bits per heavy atom. The van der Waals surface area contributed by atoms with Gasteiger partial charge in [-0.25, -0.2) is 0 Å². The second-order valence-corrected chi connectivity index (χ2v) is 6.34. The van der Waals surface area contributed by atoms with Gasteiger partial charge in [0, 0.05) is 18.3 Å². The van der Waals surface area contributed by atoms with Crippen molar-refractivity contribution in [2.24, 2.45) is 11.8 Å². The molecule has 0 radical (unpaired) electrons. The van der Waals surface area contributed by atoms with Crippen molar-refractivity contribution >= 4 is 5.97 Å². The van der Waals surface area contributed by atoms with Crippen molar-refractivity contribution in [2.45, 2.75) is 45.4 Å². The van der Waals surface area contributed by atoms with Crippen LogP contribution in [0.15, 0.2) is 41.7 Å². The fraction of sp³-hybridized carbons (Fsp3) is 0.500. The first-order chi connectivity index (χ1) is 9.57. The molecule has 1 aromatic carbocycles. The second-order valence-electron chi connectivity index (χ2n) is 6.34. The highest BCUT2D eigenvalue weighted by molar-refractivity contribution is 5.68. The minimum atomic E-state index is -0.200. The van der Waals surface area contributed by atoms with E-state index < -0.39 is 0 Å². The van der Waals surface area contributed by atoms with Crippen LogP contribution >= 0.6 is 0 Å². The normalized spacial score (nSPS) is 30.6. The van der Waals surface area contributed by atoms with Crippen LogP contribution in [0.1, 0.15) is 45.6 Å². The summed E-state index contributed by atoms with van der Waals surface area (Å²) in [5, 5.41) is 0. The molecule has 0 heterocycles. The van der Waals surface area contributed by atoms with Gasteiger partial charge in [0.1, 0.15) is 5.76 Å². The van der Waals surface area contributed by atoms with Gasteiger partial charge in [-0.2, -0.15) is 0 Å². The van der Waals surface area contributed by atoms with E-state index in [1.54, 1.807) is 0 Å². The molecule has 2 fully saturated rings. The summed E-state index contributed by atoms with van der Waals surface area (Å²) in [4.78, 5) is 11.4. The predicted molar refractivity (Wildman–Crippen MR) is 79.1 cm³/mol. The standard InChI is InChI=1S/C18H22O2/c1-12(2)17(20-13(3)19)16-15-10-7-11-18(15,16)14-8-5-4-6-9-14/h4-6,8-9,15-16H,7,10-11H2,1-3H3/t15-,16?,18+/m1/s1. The number of hydrogen-bond donors (Lipinski definition) is 0. The van der Waals surface area contributed by atoms with Crippen LogP contribution < -0.4 is 0 Å². The number of carbonyl (C=O) groups excluding carboxylic acids is 1. The van der Waals surface area contributed by atoms with Crippen LogP contribution in [-0.4, -0.2) is 5.97 Å². The SMILES string of the molecule is CC(=O)OC(=C(C)C)C1[C@H]2CCC[C@@]12c1ccccc1. The molecule has 0 amide bonds. The predicted octanol–water partition coefficient (Wildman–Crippen LogP) is 4.21. The fourth-order valence-corrected chi connectivity index (χ4v) is 4.23. The highest BCUT2D eigenvalue weighted by Crippen LogP contribution is 2.71. The van der Waals surface area contributed by atoms with E-state index >= 15 is 0 Å². The Bertz CT molecular complexity index is 554. The summed E-state index contributed by atoms with van der Waals surface area (Å²) >= 11 is 0. The molecule has 20 heavy (non-hydrogen) atoms. The van der Waals surface area contributed by atoms with Crippen molar-refractivity contribution < 1.29 is 9.53 Å². The van der Waals surface area contributed by atoms with Gasteiger partial charge in [0.2, 0.25) is 0 Å². The maximum absolute atomic E-state index is 11.4. The monoisotopic (exact) mass is 270 g/mol. The highest BCUT2D eigenvalue weighted by Gasteiger charge is 2.69. The Kier molecular flexibility index (Phi) is 3.19. The number of ether oxygens (including phenoxy) is 1. The number of benzene rings is 1. The number of carbonyl (C=O) groups is 1. The third-order valence-corrected chi connectivity index (χ3v) is 4.96. The Hall–Kier alpha value is -1.57.